The van der Waals surface area contributed by atoms with Crippen LogP contribution in [0.4, 0.5) is 0 Å². The van der Waals surface area contributed by atoms with Gasteiger partial charge in [-0.15, -0.1) is 10.2 Å². The summed E-state index contributed by atoms with van der Waals surface area (Å²) in [7, 11) is 1.62. The van der Waals surface area contributed by atoms with Crippen molar-refractivity contribution in [1.29, 1.82) is 0 Å². The number of hydrogen-bond acceptors (Lipinski definition) is 7. The largest absolute Gasteiger partial charge is 0.497 e. The highest BCUT2D eigenvalue weighted by atomic mass is 32.2. The van der Waals surface area contributed by atoms with Crippen molar-refractivity contribution >= 4 is 11.8 Å². The van der Waals surface area contributed by atoms with Gasteiger partial charge in [-0.2, -0.15) is 0 Å². The van der Waals surface area contributed by atoms with E-state index in [9.17, 15) is 5.11 Å². The summed E-state index contributed by atoms with van der Waals surface area (Å²) < 4.78 is 12.9. The van der Waals surface area contributed by atoms with Crippen LogP contribution in [0.1, 0.15) is 5.56 Å². The van der Waals surface area contributed by atoms with E-state index in [1.807, 2.05) is 59.2 Å². The third-order valence-electron chi connectivity index (χ3n) is 4.73. The first-order valence-corrected chi connectivity index (χ1v) is 11.2. The third kappa shape index (κ3) is 5.66. The fourth-order valence-corrected chi connectivity index (χ4v) is 3.94. The SMILES string of the molecule is COc1ccc(OCC(O)CSc2nnc(-c3cccnc3)n2Cc2ccccc2)cc1. The summed E-state index contributed by atoms with van der Waals surface area (Å²) in [4.78, 5) is 4.20. The van der Waals surface area contributed by atoms with Crippen LogP contribution in [0.2, 0.25) is 0 Å². The number of benzene rings is 2. The summed E-state index contributed by atoms with van der Waals surface area (Å²) in [6.07, 6.45) is 2.85. The molecule has 0 amide bonds. The monoisotopic (exact) mass is 448 g/mol. The minimum Gasteiger partial charge on any atom is -0.497 e. The molecule has 4 rings (SSSR count). The van der Waals surface area contributed by atoms with Crippen molar-refractivity contribution in [2.24, 2.45) is 0 Å². The van der Waals surface area contributed by atoms with Gasteiger partial charge in [0.25, 0.3) is 0 Å². The molecule has 0 saturated heterocycles. The van der Waals surface area contributed by atoms with E-state index < -0.39 is 6.10 Å². The number of methoxy groups -OCH3 is 1. The van der Waals surface area contributed by atoms with E-state index in [4.69, 9.17) is 9.47 Å². The Bertz CT molecular complexity index is 1110. The van der Waals surface area contributed by atoms with Crippen molar-refractivity contribution in [3.8, 4) is 22.9 Å². The lowest BCUT2D eigenvalue weighted by molar-refractivity contribution is 0.126. The second-order valence-corrected chi connectivity index (χ2v) is 8.06. The molecule has 0 aliphatic carbocycles. The average molecular weight is 449 g/mol. The molecule has 2 aromatic carbocycles. The maximum Gasteiger partial charge on any atom is 0.191 e. The summed E-state index contributed by atoms with van der Waals surface area (Å²) in [6.45, 7) is 0.806. The molecule has 1 N–H and O–H groups in total. The molecule has 8 heteroatoms. The number of aromatic nitrogens is 4. The van der Waals surface area contributed by atoms with Crippen LogP contribution in [0.25, 0.3) is 11.4 Å². The lowest BCUT2D eigenvalue weighted by Gasteiger charge is -2.13. The van der Waals surface area contributed by atoms with Crippen LogP contribution in [0, 0.1) is 0 Å². The molecular formula is C24H24N4O3S. The van der Waals surface area contributed by atoms with Gasteiger partial charge in [-0.1, -0.05) is 42.1 Å². The van der Waals surface area contributed by atoms with Gasteiger partial charge >= 0.3 is 0 Å². The number of pyridine rings is 1. The van der Waals surface area contributed by atoms with Crippen LogP contribution in [-0.4, -0.2) is 50.4 Å². The molecule has 0 spiro atoms. The van der Waals surface area contributed by atoms with Gasteiger partial charge < -0.3 is 14.6 Å². The zero-order valence-electron chi connectivity index (χ0n) is 17.7. The van der Waals surface area contributed by atoms with Gasteiger partial charge in [-0.25, -0.2) is 0 Å². The van der Waals surface area contributed by atoms with E-state index in [2.05, 4.69) is 27.3 Å². The summed E-state index contributed by atoms with van der Waals surface area (Å²) in [5, 5.41) is 19.9. The number of ether oxygens (including phenoxy) is 2. The fraction of sp³-hybridized carbons (Fsp3) is 0.208. The highest BCUT2D eigenvalue weighted by Crippen LogP contribution is 2.25. The molecular weight excluding hydrogens is 424 g/mol. The van der Waals surface area contributed by atoms with Gasteiger partial charge in [0.1, 0.15) is 18.1 Å². The van der Waals surface area contributed by atoms with Crippen LogP contribution in [0.5, 0.6) is 11.5 Å². The number of thioether (sulfide) groups is 1. The minimum absolute atomic E-state index is 0.182. The molecule has 0 aliphatic rings. The van der Waals surface area contributed by atoms with Gasteiger partial charge in [0.05, 0.1) is 19.8 Å². The van der Waals surface area contributed by atoms with E-state index in [1.54, 1.807) is 19.5 Å². The van der Waals surface area contributed by atoms with Gasteiger partial charge in [0.15, 0.2) is 11.0 Å². The first-order valence-electron chi connectivity index (χ1n) is 10.2. The predicted octanol–water partition coefficient (Wildman–Crippen LogP) is 3.93. The highest BCUT2D eigenvalue weighted by molar-refractivity contribution is 7.99. The van der Waals surface area contributed by atoms with E-state index in [0.717, 1.165) is 27.9 Å². The molecule has 0 saturated carbocycles. The second kappa shape index (κ2) is 10.8. The van der Waals surface area contributed by atoms with Crippen LogP contribution < -0.4 is 9.47 Å². The van der Waals surface area contributed by atoms with Gasteiger partial charge in [-0.3, -0.25) is 9.55 Å². The number of hydrogen-bond donors (Lipinski definition) is 1. The molecule has 0 fully saturated rings. The molecule has 0 bridgehead atoms. The lowest BCUT2D eigenvalue weighted by atomic mass is 10.2. The standard InChI is InChI=1S/C24H24N4O3S/c1-30-21-9-11-22(12-10-21)31-16-20(29)17-32-24-27-26-23(19-8-5-13-25-14-19)28(24)15-18-6-3-2-4-7-18/h2-14,20,29H,15-17H2,1H3. The smallest absolute Gasteiger partial charge is 0.191 e. The van der Waals surface area contributed by atoms with Crippen LogP contribution in [0.3, 0.4) is 0 Å². The van der Waals surface area contributed by atoms with Crippen LogP contribution >= 0.6 is 11.8 Å². The van der Waals surface area contributed by atoms with Crippen molar-refractivity contribution in [2.75, 3.05) is 19.5 Å². The Balaban J connectivity index is 1.43. The fourth-order valence-electron chi connectivity index (χ4n) is 3.10. The molecule has 1 atom stereocenters. The Morgan fingerprint density at radius 1 is 0.969 bits per heavy atom. The summed E-state index contributed by atoms with van der Waals surface area (Å²) in [6, 6.07) is 21.3. The second-order valence-electron chi connectivity index (χ2n) is 7.07. The molecule has 1 unspecified atom stereocenters. The summed E-state index contributed by atoms with van der Waals surface area (Å²) in [5.41, 5.74) is 2.04. The summed E-state index contributed by atoms with van der Waals surface area (Å²) >= 11 is 1.45. The van der Waals surface area contributed by atoms with E-state index >= 15 is 0 Å². The normalized spacial score (nSPS) is 11.8. The lowest BCUT2D eigenvalue weighted by Crippen LogP contribution is -2.20. The highest BCUT2D eigenvalue weighted by Gasteiger charge is 2.17. The number of aliphatic hydroxyl groups excluding tert-OH is 1. The average Bonchev–Trinajstić information content (AvgIpc) is 3.25. The van der Waals surface area contributed by atoms with Gasteiger partial charge in [-0.05, 0) is 42.0 Å². The first-order chi connectivity index (χ1) is 15.7. The molecule has 7 nitrogen and oxygen atoms in total. The molecule has 0 aliphatic heterocycles. The number of nitrogens with zero attached hydrogens (tertiary/aromatic N) is 4. The van der Waals surface area contributed by atoms with E-state index in [0.29, 0.717) is 18.0 Å². The molecule has 2 heterocycles. The molecule has 164 valence electrons. The first kappa shape index (κ1) is 21.9. The maximum absolute atomic E-state index is 10.4. The van der Waals surface area contributed by atoms with Crippen molar-refractivity contribution in [3.05, 3.63) is 84.7 Å². The molecule has 0 radical (unpaired) electrons. The quantitative estimate of drug-likeness (QED) is 0.368. The number of rotatable bonds is 10. The molecule has 4 aromatic rings. The Morgan fingerprint density at radius 3 is 2.47 bits per heavy atom. The summed E-state index contributed by atoms with van der Waals surface area (Å²) in [5.74, 6) is 2.61. The van der Waals surface area contributed by atoms with Crippen molar-refractivity contribution in [2.45, 2.75) is 17.8 Å². The Kier molecular flexibility index (Phi) is 7.37. The van der Waals surface area contributed by atoms with Crippen LogP contribution in [-0.2, 0) is 6.54 Å². The van der Waals surface area contributed by atoms with Gasteiger partial charge in [0.2, 0.25) is 0 Å². The van der Waals surface area contributed by atoms with E-state index in [1.165, 1.54) is 11.8 Å². The molecule has 2 aromatic heterocycles. The minimum atomic E-state index is -0.661. The Hall–Kier alpha value is -3.36. The zero-order chi connectivity index (χ0) is 22.2. The number of aliphatic hydroxyl groups is 1. The maximum atomic E-state index is 10.4. The van der Waals surface area contributed by atoms with Crippen molar-refractivity contribution < 1.29 is 14.6 Å². The van der Waals surface area contributed by atoms with Crippen molar-refractivity contribution in [3.63, 3.8) is 0 Å². The molecule has 32 heavy (non-hydrogen) atoms. The Labute approximate surface area is 191 Å². The van der Waals surface area contributed by atoms with E-state index in [-0.39, 0.29) is 6.61 Å². The van der Waals surface area contributed by atoms with Gasteiger partial charge in [0, 0.05) is 23.7 Å². The topological polar surface area (TPSA) is 82.3 Å². The zero-order valence-corrected chi connectivity index (χ0v) is 18.5. The van der Waals surface area contributed by atoms with Crippen LogP contribution in [0.15, 0.2) is 84.3 Å². The third-order valence-corrected chi connectivity index (χ3v) is 5.84. The predicted molar refractivity (Wildman–Crippen MR) is 124 cm³/mol. The van der Waals surface area contributed by atoms with Crippen molar-refractivity contribution in [1.82, 2.24) is 19.7 Å². The Morgan fingerprint density at radius 2 is 1.75 bits per heavy atom.